The van der Waals surface area contributed by atoms with Crippen molar-refractivity contribution in [2.75, 3.05) is 13.1 Å². The number of aliphatic hydroxyl groups excluding tert-OH is 1. The topological polar surface area (TPSA) is 89.9 Å². The number of rotatable bonds is 3. The number of urea groups is 1. The van der Waals surface area contributed by atoms with Gasteiger partial charge in [-0.1, -0.05) is 13.8 Å². The van der Waals surface area contributed by atoms with E-state index in [-0.39, 0.29) is 13.0 Å². The predicted molar refractivity (Wildman–Crippen MR) is 57.0 cm³/mol. The highest BCUT2D eigenvalue weighted by Crippen LogP contribution is 2.18. The lowest BCUT2D eigenvalue weighted by atomic mass is 10.2. The van der Waals surface area contributed by atoms with E-state index in [0.29, 0.717) is 12.5 Å². The monoisotopic (exact) mass is 230 g/mol. The SMILES string of the molecule is CC(C)CNC(=O)N1CC(O)CC1C(=O)O. The van der Waals surface area contributed by atoms with Gasteiger partial charge in [-0.05, 0) is 5.92 Å². The van der Waals surface area contributed by atoms with E-state index in [4.69, 9.17) is 5.11 Å². The first-order valence-electron chi connectivity index (χ1n) is 5.37. The molecule has 3 N–H and O–H groups in total. The van der Waals surface area contributed by atoms with Gasteiger partial charge in [-0.3, -0.25) is 0 Å². The fourth-order valence-corrected chi connectivity index (χ4v) is 1.67. The van der Waals surface area contributed by atoms with Gasteiger partial charge in [-0.15, -0.1) is 0 Å². The molecular weight excluding hydrogens is 212 g/mol. The normalized spacial score (nSPS) is 24.9. The standard InChI is InChI=1S/C10H18N2O4/c1-6(2)4-11-10(16)12-5-7(13)3-8(12)9(14)15/h6-8,13H,3-5H2,1-2H3,(H,11,16)(H,14,15). The quantitative estimate of drug-likeness (QED) is 0.630. The van der Waals surface area contributed by atoms with E-state index in [1.165, 1.54) is 4.90 Å². The van der Waals surface area contributed by atoms with E-state index in [0.717, 1.165) is 0 Å². The third-order valence-electron chi connectivity index (χ3n) is 2.49. The van der Waals surface area contributed by atoms with Gasteiger partial charge in [-0.2, -0.15) is 0 Å². The first-order chi connectivity index (χ1) is 7.41. The largest absolute Gasteiger partial charge is 0.480 e. The molecule has 0 aromatic rings. The molecule has 1 fully saturated rings. The highest BCUT2D eigenvalue weighted by Gasteiger charge is 2.38. The molecule has 0 bridgehead atoms. The van der Waals surface area contributed by atoms with Crippen LogP contribution in [0, 0.1) is 5.92 Å². The summed E-state index contributed by atoms with van der Waals surface area (Å²) in [5.41, 5.74) is 0. The second-order valence-electron chi connectivity index (χ2n) is 4.48. The Balaban J connectivity index is 2.56. The smallest absolute Gasteiger partial charge is 0.326 e. The van der Waals surface area contributed by atoms with Gasteiger partial charge < -0.3 is 20.4 Å². The number of aliphatic carboxylic acids is 1. The Morgan fingerprint density at radius 2 is 2.12 bits per heavy atom. The summed E-state index contributed by atoms with van der Waals surface area (Å²) < 4.78 is 0. The number of carboxylic acid groups (broad SMARTS) is 1. The first kappa shape index (κ1) is 12.8. The summed E-state index contributed by atoms with van der Waals surface area (Å²) in [7, 11) is 0. The van der Waals surface area contributed by atoms with Crippen LogP contribution in [0.3, 0.4) is 0 Å². The zero-order valence-corrected chi connectivity index (χ0v) is 9.51. The Morgan fingerprint density at radius 3 is 2.62 bits per heavy atom. The lowest BCUT2D eigenvalue weighted by molar-refractivity contribution is -0.141. The summed E-state index contributed by atoms with van der Waals surface area (Å²) in [5.74, 6) is -0.768. The average molecular weight is 230 g/mol. The Hall–Kier alpha value is -1.30. The molecule has 0 aromatic carbocycles. The number of aliphatic hydroxyl groups is 1. The molecule has 1 heterocycles. The van der Waals surface area contributed by atoms with Crippen LogP contribution in [0.1, 0.15) is 20.3 Å². The van der Waals surface area contributed by atoms with Crippen LogP contribution in [0.25, 0.3) is 0 Å². The number of carboxylic acids is 1. The Bertz CT molecular complexity index is 280. The molecular formula is C10H18N2O4. The van der Waals surface area contributed by atoms with Crippen molar-refractivity contribution in [3.05, 3.63) is 0 Å². The molecule has 0 aliphatic carbocycles. The molecule has 0 radical (unpaired) electrons. The Morgan fingerprint density at radius 1 is 1.50 bits per heavy atom. The van der Waals surface area contributed by atoms with E-state index >= 15 is 0 Å². The van der Waals surface area contributed by atoms with E-state index in [1.54, 1.807) is 0 Å². The van der Waals surface area contributed by atoms with Crippen LogP contribution in [-0.2, 0) is 4.79 Å². The summed E-state index contributed by atoms with van der Waals surface area (Å²) in [6.45, 7) is 4.49. The molecule has 0 aromatic heterocycles. The van der Waals surface area contributed by atoms with E-state index in [1.807, 2.05) is 13.8 Å². The molecule has 1 rings (SSSR count). The van der Waals surface area contributed by atoms with Crippen LogP contribution in [0.2, 0.25) is 0 Å². The lowest BCUT2D eigenvalue weighted by Crippen LogP contribution is -2.47. The third-order valence-corrected chi connectivity index (χ3v) is 2.49. The number of carbonyl (C=O) groups is 2. The van der Waals surface area contributed by atoms with Crippen LogP contribution in [0.15, 0.2) is 0 Å². The van der Waals surface area contributed by atoms with E-state index in [2.05, 4.69) is 5.32 Å². The van der Waals surface area contributed by atoms with Crippen molar-refractivity contribution in [1.29, 1.82) is 0 Å². The minimum atomic E-state index is -1.07. The van der Waals surface area contributed by atoms with Crippen molar-refractivity contribution in [3.63, 3.8) is 0 Å². The number of nitrogens with one attached hydrogen (secondary N) is 1. The number of hydrogen-bond acceptors (Lipinski definition) is 3. The number of amides is 2. The fraction of sp³-hybridized carbons (Fsp3) is 0.800. The van der Waals surface area contributed by atoms with Crippen LogP contribution in [0.4, 0.5) is 4.79 Å². The minimum Gasteiger partial charge on any atom is -0.480 e. The van der Waals surface area contributed by atoms with Crippen molar-refractivity contribution in [2.24, 2.45) is 5.92 Å². The highest BCUT2D eigenvalue weighted by molar-refractivity contribution is 5.83. The van der Waals surface area contributed by atoms with Gasteiger partial charge in [-0.25, -0.2) is 9.59 Å². The Labute approximate surface area is 94.2 Å². The number of nitrogens with zero attached hydrogens (tertiary/aromatic N) is 1. The molecule has 2 atom stereocenters. The van der Waals surface area contributed by atoms with Gasteiger partial charge in [0.05, 0.1) is 6.10 Å². The van der Waals surface area contributed by atoms with Crippen LogP contribution in [0.5, 0.6) is 0 Å². The van der Waals surface area contributed by atoms with Crippen molar-refractivity contribution < 1.29 is 19.8 Å². The Kier molecular flexibility index (Phi) is 4.12. The van der Waals surface area contributed by atoms with Crippen LogP contribution < -0.4 is 5.32 Å². The molecule has 6 nitrogen and oxygen atoms in total. The van der Waals surface area contributed by atoms with Gasteiger partial charge >= 0.3 is 12.0 Å². The number of carbonyl (C=O) groups excluding carboxylic acids is 1. The van der Waals surface area contributed by atoms with Crippen molar-refractivity contribution in [3.8, 4) is 0 Å². The molecule has 16 heavy (non-hydrogen) atoms. The molecule has 92 valence electrons. The second-order valence-corrected chi connectivity index (χ2v) is 4.48. The van der Waals surface area contributed by atoms with Gasteiger partial charge in [0.15, 0.2) is 0 Å². The maximum absolute atomic E-state index is 11.7. The maximum atomic E-state index is 11.7. The summed E-state index contributed by atoms with van der Waals surface area (Å²) in [4.78, 5) is 23.7. The molecule has 0 spiro atoms. The molecule has 1 aliphatic heterocycles. The highest BCUT2D eigenvalue weighted by atomic mass is 16.4. The van der Waals surface area contributed by atoms with E-state index in [9.17, 15) is 14.7 Å². The molecule has 0 saturated carbocycles. The van der Waals surface area contributed by atoms with Gasteiger partial charge in [0.1, 0.15) is 6.04 Å². The van der Waals surface area contributed by atoms with Crippen molar-refractivity contribution >= 4 is 12.0 Å². The molecule has 1 saturated heterocycles. The maximum Gasteiger partial charge on any atom is 0.326 e. The molecule has 2 amide bonds. The summed E-state index contributed by atoms with van der Waals surface area (Å²) in [6, 6.07) is -1.33. The van der Waals surface area contributed by atoms with Gasteiger partial charge in [0.2, 0.25) is 0 Å². The van der Waals surface area contributed by atoms with Crippen molar-refractivity contribution in [2.45, 2.75) is 32.4 Å². The molecule has 6 heteroatoms. The van der Waals surface area contributed by atoms with Crippen LogP contribution in [-0.4, -0.2) is 52.3 Å². The average Bonchev–Trinajstić information content (AvgIpc) is 2.56. The predicted octanol–water partition coefficient (Wildman–Crippen LogP) is -0.128. The van der Waals surface area contributed by atoms with Gasteiger partial charge in [0, 0.05) is 19.5 Å². The molecule has 2 unspecified atom stereocenters. The summed E-state index contributed by atoms with van der Waals surface area (Å²) in [6.07, 6.45) is -0.643. The number of hydrogen-bond donors (Lipinski definition) is 3. The van der Waals surface area contributed by atoms with Gasteiger partial charge in [0.25, 0.3) is 0 Å². The minimum absolute atomic E-state index is 0.0842. The zero-order valence-electron chi connectivity index (χ0n) is 9.51. The third kappa shape index (κ3) is 3.10. The first-order valence-corrected chi connectivity index (χ1v) is 5.37. The second kappa shape index (κ2) is 5.16. The summed E-state index contributed by atoms with van der Waals surface area (Å²) >= 11 is 0. The zero-order chi connectivity index (χ0) is 12.3. The lowest BCUT2D eigenvalue weighted by Gasteiger charge is -2.22. The summed E-state index contributed by atoms with van der Waals surface area (Å²) in [5, 5.41) is 20.9. The number of likely N-dealkylation sites (tertiary alicyclic amines) is 1. The molecule has 1 aliphatic rings. The van der Waals surface area contributed by atoms with Crippen molar-refractivity contribution in [1.82, 2.24) is 10.2 Å². The number of β-amino-alcohol motifs (C(OH)–C–C–N with tert-alkyl or cyclic N) is 1. The van der Waals surface area contributed by atoms with E-state index < -0.39 is 24.1 Å². The fourth-order valence-electron chi connectivity index (χ4n) is 1.67. The van der Waals surface area contributed by atoms with Crippen LogP contribution >= 0.6 is 0 Å².